The minimum atomic E-state index is -0.821. The number of benzene rings is 1. The smallest absolute Gasteiger partial charge is 0.311 e. The molecule has 0 spiro atoms. The van der Waals surface area contributed by atoms with E-state index in [-0.39, 0.29) is 11.7 Å². The van der Waals surface area contributed by atoms with E-state index in [0.29, 0.717) is 5.56 Å². The van der Waals surface area contributed by atoms with Gasteiger partial charge in [0, 0.05) is 5.56 Å². The summed E-state index contributed by atoms with van der Waals surface area (Å²) < 4.78 is 0. The molecule has 0 bridgehead atoms. The van der Waals surface area contributed by atoms with Crippen LogP contribution in [0.25, 0.3) is 0 Å². The maximum Gasteiger partial charge on any atom is 0.311 e. The van der Waals surface area contributed by atoms with E-state index in [0.717, 1.165) is 25.7 Å². The summed E-state index contributed by atoms with van der Waals surface area (Å²) in [6.07, 6.45) is 5.30. The Bertz CT molecular complexity index is 394. The predicted octanol–water partition coefficient (Wildman–Crippen LogP) is 3.14. The van der Waals surface area contributed by atoms with Gasteiger partial charge in [-0.1, -0.05) is 37.5 Å². The number of aliphatic carboxylic acids is 1. The van der Waals surface area contributed by atoms with Crippen LogP contribution in [0.2, 0.25) is 0 Å². The molecule has 2 N–H and O–H groups in total. The van der Waals surface area contributed by atoms with E-state index in [1.165, 1.54) is 6.42 Å². The first-order valence-electron chi connectivity index (χ1n) is 6.21. The quantitative estimate of drug-likeness (QED) is 0.844. The standard InChI is InChI=1S/C14H18O3/c15-12-9-5-4-8-11(12)13(14(16)17)10-6-2-1-3-7-10/h4-5,8-10,13,15H,1-3,6-7H2,(H,16,17). The topological polar surface area (TPSA) is 57.5 Å². The number of aromatic hydroxyl groups is 1. The second kappa shape index (κ2) is 5.21. The highest BCUT2D eigenvalue weighted by Crippen LogP contribution is 2.39. The van der Waals surface area contributed by atoms with Crippen molar-refractivity contribution in [1.29, 1.82) is 0 Å². The molecule has 1 atom stereocenters. The SMILES string of the molecule is O=C(O)C(c1ccccc1O)C1CCCCC1. The van der Waals surface area contributed by atoms with E-state index in [1.54, 1.807) is 24.3 Å². The van der Waals surface area contributed by atoms with Gasteiger partial charge >= 0.3 is 5.97 Å². The van der Waals surface area contributed by atoms with Crippen LogP contribution in [0.15, 0.2) is 24.3 Å². The predicted molar refractivity (Wildman–Crippen MR) is 65.1 cm³/mol. The number of para-hydroxylation sites is 1. The van der Waals surface area contributed by atoms with Crippen LogP contribution in [-0.2, 0) is 4.79 Å². The molecule has 1 fully saturated rings. The number of hydrogen-bond donors (Lipinski definition) is 2. The van der Waals surface area contributed by atoms with E-state index in [2.05, 4.69) is 0 Å². The molecule has 0 heterocycles. The summed E-state index contributed by atoms with van der Waals surface area (Å²) in [6, 6.07) is 6.79. The Balaban J connectivity index is 2.28. The number of carboxylic acid groups (broad SMARTS) is 1. The number of carboxylic acids is 1. The highest BCUT2D eigenvalue weighted by molar-refractivity contribution is 5.77. The Morgan fingerprint density at radius 1 is 1.18 bits per heavy atom. The number of rotatable bonds is 3. The fraction of sp³-hybridized carbons (Fsp3) is 0.500. The van der Waals surface area contributed by atoms with Gasteiger partial charge in [-0.15, -0.1) is 0 Å². The van der Waals surface area contributed by atoms with Crippen molar-refractivity contribution in [2.45, 2.75) is 38.0 Å². The maximum atomic E-state index is 11.4. The molecule has 0 saturated heterocycles. The van der Waals surface area contributed by atoms with E-state index in [9.17, 15) is 15.0 Å². The van der Waals surface area contributed by atoms with Gasteiger partial charge in [-0.2, -0.15) is 0 Å². The van der Waals surface area contributed by atoms with Crippen molar-refractivity contribution in [1.82, 2.24) is 0 Å². The number of hydrogen-bond acceptors (Lipinski definition) is 2. The lowest BCUT2D eigenvalue weighted by Gasteiger charge is -2.28. The van der Waals surface area contributed by atoms with Crippen molar-refractivity contribution >= 4 is 5.97 Å². The zero-order valence-electron chi connectivity index (χ0n) is 9.80. The molecule has 17 heavy (non-hydrogen) atoms. The van der Waals surface area contributed by atoms with Gasteiger partial charge in [0.25, 0.3) is 0 Å². The first-order chi connectivity index (χ1) is 8.20. The lowest BCUT2D eigenvalue weighted by atomic mass is 9.76. The molecule has 0 aliphatic heterocycles. The molecule has 1 unspecified atom stereocenters. The molecule has 2 rings (SSSR count). The minimum absolute atomic E-state index is 0.102. The second-order valence-corrected chi connectivity index (χ2v) is 4.77. The number of phenols is 1. The van der Waals surface area contributed by atoms with Crippen LogP contribution < -0.4 is 0 Å². The van der Waals surface area contributed by atoms with Gasteiger partial charge in [-0.25, -0.2) is 0 Å². The molecule has 1 aromatic carbocycles. The summed E-state index contributed by atoms with van der Waals surface area (Å²) in [5.74, 6) is -1.12. The first-order valence-corrected chi connectivity index (χ1v) is 6.21. The molecule has 0 radical (unpaired) electrons. The van der Waals surface area contributed by atoms with Crippen LogP contribution in [-0.4, -0.2) is 16.2 Å². The third-order valence-electron chi connectivity index (χ3n) is 3.66. The molecule has 0 aromatic heterocycles. The molecule has 0 amide bonds. The summed E-state index contributed by atoms with van der Waals surface area (Å²) in [5.41, 5.74) is 0.562. The highest BCUT2D eigenvalue weighted by atomic mass is 16.4. The summed E-state index contributed by atoms with van der Waals surface area (Å²) in [7, 11) is 0. The molecule has 3 heteroatoms. The van der Waals surface area contributed by atoms with Crippen LogP contribution in [0, 0.1) is 5.92 Å². The van der Waals surface area contributed by atoms with Gasteiger partial charge in [0.1, 0.15) is 5.75 Å². The van der Waals surface area contributed by atoms with E-state index < -0.39 is 11.9 Å². The summed E-state index contributed by atoms with van der Waals surface area (Å²) in [5, 5.41) is 19.2. The van der Waals surface area contributed by atoms with Crippen molar-refractivity contribution in [2.75, 3.05) is 0 Å². The molecule has 1 aromatic rings. The van der Waals surface area contributed by atoms with Crippen LogP contribution >= 0.6 is 0 Å². The molecular weight excluding hydrogens is 216 g/mol. The van der Waals surface area contributed by atoms with E-state index >= 15 is 0 Å². The molecule has 3 nitrogen and oxygen atoms in total. The lowest BCUT2D eigenvalue weighted by molar-refractivity contribution is -0.140. The van der Waals surface area contributed by atoms with Crippen molar-refractivity contribution in [3.63, 3.8) is 0 Å². The monoisotopic (exact) mass is 234 g/mol. The Kier molecular flexibility index (Phi) is 3.67. The van der Waals surface area contributed by atoms with Gasteiger partial charge < -0.3 is 10.2 Å². The highest BCUT2D eigenvalue weighted by Gasteiger charge is 2.32. The van der Waals surface area contributed by atoms with Gasteiger partial charge in [-0.05, 0) is 24.8 Å². The van der Waals surface area contributed by atoms with Crippen LogP contribution in [0.3, 0.4) is 0 Å². The Labute approximate surface area is 101 Å². The Morgan fingerprint density at radius 2 is 1.82 bits per heavy atom. The fourth-order valence-corrected chi connectivity index (χ4v) is 2.81. The fourth-order valence-electron chi connectivity index (χ4n) is 2.81. The van der Waals surface area contributed by atoms with Crippen molar-refractivity contribution in [3.8, 4) is 5.75 Å². The number of carbonyl (C=O) groups is 1. The van der Waals surface area contributed by atoms with Crippen molar-refractivity contribution in [2.24, 2.45) is 5.92 Å². The molecule has 1 aliphatic rings. The van der Waals surface area contributed by atoms with Crippen molar-refractivity contribution < 1.29 is 15.0 Å². The Morgan fingerprint density at radius 3 is 2.41 bits per heavy atom. The Hall–Kier alpha value is -1.51. The zero-order valence-corrected chi connectivity index (χ0v) is 9.80. The van der Waals surface area contributed by atoms with Gasteiger partial charge in [-0.3, -0.25) is 4.79 Å². The molecular formula is C14H18O3. The van der Waals surface area contributed by atoms with Gasteiger partial charge in [0.05, 0.1) is 5.92 Å². The van der Waals surface area contributed by atoms with Gasteiger partial charge in [0.2, 0.25) is 0 Å². The van der Waals surface area contributed by atoms with E-state index in [1.807, 2.05) is 0 Å². The normalized spacial score (nSPS) is 18.8. The molecule has 1 saturated carbocycles. The summed E-state index contributed by atoms with van der Waals surface area (Å²) in [4.78, 5) is 11.4. The van der Waals surface area contributed by atoms with Crippen LogP contribution in [0.5, 0.6) is 5.75 Å². The van der Waals surface area contributed by atoms with Crippen LogP contribution in [0.4, 0.5) is 0 Å². The maximum absolute atomic E-state index is 11.4. The molecule has 92 valence electrons. The summed E-state index contributed by atoms with van der Waals surface area (Å²) >= 11 is 0. The first kappa shape index (κ1) is 12.0. The minimum Gasteiger partial charge on any atom is -0.508 e. The average molecular weight is 234 g/mol. The lowest BCUT2D eigenvalue weighted by Crippen LogP contribution is -2.23. The summed E-state index contributed by atoms with van der Waals surface area (Å²) in [6.45, 7) is 0. The second-order valence-electron chi connectivity index (χ2n) is 4.77. The third kappa shape index (κ3) is 2.60. The van der Waals surface area contributed by atoms with Crippen molar-refractivity contribution in [3.05, 3.63) is 29.8 Å². The van der Waals surface area contributed by atoms with Crippen LogP contribution in [0.1, 0.15) is 43.6 Å². The average Bonchev–Trinajstić information content (AvgIpc) is 2.33. The molecule has 1 aliphatic carbocycles. The number of phenolic OH excluding ortho intramolecular Hbond substituents is 1. The largest absolute Gasteiger partial charge is 0.508 e. The van der Waals surface area contributed by atoms with Gasteiger partial charge in [0.15, 0.2) is 0 Å². The van der Waals surface area contributed by atoms with E-state index in [4.69, 9.17) is 0 Å². The third-order valence-corrected chi connectivity index (χ3v) is 3.66. The zero-order chi connectivity index (χ0) is 12.3.